The lowest BCUT2D eigenvalue weighted by Gasteiger charge is -2.30. The first kappa shape index (κ1) is 19.0. The van der Waals surface area contributed by atoms with Crippen molar-refractivity contribution in [1.29, 1.82) is 0 Å². The highest BCUT2D eigenvalue weighted by molar-refractivity contribution is 5.65. The zero-order valence-corrected chi connectivity index (χ0v) is 15.8. The number of ether oxygens (including phenoxy) is 1. The Kier molecular flexibility index (Phi) is 6.21. The summed E-state index contributed by atoms with van der Waals surface area (Å²) < 4.78 is 5.60. The molecule has 4 nitrogen and oxygen atoms in total. The van der Waals surface area contributed by atoms with Crippen LogP contribution in [0.5, 0.6) is 5.75 Å². The van der Waals surface area contributed by atoms with Crippen molar-refractivity contribution >= 4 is 12.0 Å². The molecule has 0 saturated heterocycles. The molecule has 0 aliphatic carbocycles. The van der Waals surface area contributed by atoms with Crippen molar-refractivity contribution in [3.63, 3.8) is 0 Å². The van der Waals surface area contributed by atoms with Gasteiger partial charge in [0.05, 0.1) is 19.1 Å². The SMILES string of the molecule is CCN(C)/C=N/c1cc(OC)c(C(O)(CC)c2ccccc2)cc1C. The van der Waals surface area contributed by atoms with Gasteiger partial charge in [0.1, 0.15) is 11.4 Å². The predicted molar refractivity (Wildman–Crippen MR) is 104 cm³/mol. The normalized spacial score (nSPS) is 13.7. The molecule has 0 amide bonds. The molecule has 1 unspecified atom stereocenters. The summed E-state index contributed by atoms with van der Waals surface area (Å²) in [5.41, 5.74) is 2.37. The van der Waals surface area contributed by atoms with Gasteiger partial charge < -0.3 is 14.7 Å². The van der Waals surface area contributed by atoms with Crippen molar-refractivity contribution in [1.82, 2.24) is 4.90 Å². The molecule has 0 spiro atoms. The van der Waals surface area contributed by atoms with E-state index in [2.05, 4.69) is 11.9 Å². The summed E-state index contributed by atoms with van der Waals surface area (Å²) in [4.78, 5) is 6.55. The number of aliphatic hydroxyl groups is 1. The first-order valence-corrected chi connectivity index (χ1v) is 8.67. The molecule has 0 aromatic heterocycles. The first-order valence-electron chi connectivity index (χ1n) is 8.67. The van der Waals surface area contributed by atoms with Gasteiger partial charge in [0.15, 0.2) is 0 Å². The lowest BCUT2D eigenvalue weighted by Crippen LogP contribution is -2.27. The van der Waals surface area contributed by atoms with E-state index in [4.69, 9.17) is 4.74 Å². The molecular weight excluding hydrogens is 312 g/mol. The average Bonchev–Trinajstić information content (AvgIpc) is 2.66. The van der Waals surface area contributed by atoms with E-state index in [1.165, 1.54) is 0 Å². The summed E-state index contributed by atoms with van der Waals surface area (Å²) in [6.07, 6.45) is 2.36. The number of rotatable bonds is 7. The quantitative estimate of drug-likeness (QED) is 0.605. The average molecular weight is 340 g/mol. The summed E-state index contributed by atoms with van der Waals surface area (Å²) in [5.74, 6) is 0.644. The molecule has 0 bridgehead atoms. The van der Waals surface area contributed by atoms with Crippen LogP contribution in [0.15, 0.2) is 47.5 Å². The van der Waals surface area contributed by atoms with E-state index in [0.717, 1.165) is 28.9 Å². The van der Waals surface area contributed by atoms with Crippen molar-refractivity contribution in [2.24, 2.45) is 4.99 Å². The number of benzene rings is 2. The van der Waals surface area contributed by atoms with Gasteiger partial charge in [-0.1, -0.05) is 37.3 Å². The molecule has 0 radical (unpaired) electrons. The Morgan fingerprint density at radius 1 is 1.20 bits per heavy atom. The van der Waals surface area contributed by atoms with Crippen LogP contribution in [0.3, 0.4) is 0 Å². The highest BCUT2D eigenvalue weighted by Crippen LogP contribution is 2.41. The maximum atomic E-state index is 11.4. The van der Waals surface area contributed by atoms with Crippen molar-refractivity contribution in [2.75, 3.05) is 20.7 Å². The summed E-state index contributed by atoms with van der Waals surface area (Å²) in [6, 6.07) is 13.6. The van der Waals surface area contributed by atoms with E-state index < -0.39 is 5.60 Å². The minimum Gasteiger partial charge on any atom is -0.496 e. The minimum absolute atomic E-state index is 0.550. The largest absolute Gasteiger partial charge is 0.496 e. The number of methoxy groups -OCH3 is 1. The third-order valence-corrected chi connectivity index (χ3v) is 4.62. The number of aryl methyl sites for hydroxylation is 1. The Bertz CT molecular complexity index is 728. The van der Waals surface area contributed by atoms with Gasteiger partial charge in [0, 0.05) is 25.2 Å². The van der Waals surface area contributed by atoms with Crippen LogP contribution in [-0.2, 0) is 5.60 Å². The molecule has 1 N–H and O–H groups in total. The Morgan fingerprint density at radius 3 is 2.44 bits per heavy atom. The zero-order chi connectivity index (χ0) is 18.4. The fourth-order valence-corrected chi connectivity index (χ4v) is 2.81. The number of nitrogens with zero attached hydrogens (tertiary/aromatic N) is 2. The van der Waals surface area contributed by atoms with E-state index in [9.17, 15) is 5.11 Å². The fraction of sp³-hybridized carbons (Fsp3) is 0.381. The molecule has 0 aliphatic rings. The summed E-state index contributed by atoms with van der Waals surface area (Å²) in [6.45, 7) is 6.94. The summed E-state index contributed by atoms with van der Waals surface area (Å²) in [7, 11) is 3.61. The number of aliphatic imine (C=N–C) groups is 1. The van der Waals surface area contributed by atoms with Gasteiger partial charge in [-0.3, -0.25) is 0 Å². The Labute approximate surface area is 150 Å². The van der Waals surface area contributed by atoms with Crippen LogP contribution in [0.2, 0.25) is 0 Å². The highest BCUT2D eigenvalue weighted by Gasteiger charge is 2.33. The molecule has 0 fully saturated rings. The lowest BCUT2D eigenvalue weighted by molar-refractivity contribution is 0.0736. The van der Waals surface area contributed by atoms with Crippen LogP contribution in [0.4, 0.5) is 5.69 Å². The molecule has 2 aromatic rings. The molecule has 0 aliphatic heterocycles. The molecule has 0 saturated carbocycles. The van der Waals surface area contributed by atoms with Gasteiger partial charge in [0.2, 0.25) is 0 Å². The predicted octanol–water partition coefficient (Wildman–Crippen LogP) is 4.26. The van der Waals surface area contributed by atoms with Crippen LogP contribution in [0, 0.1) is 6.92 Å². The third kappa shape index (κ3) is 4.02. The topological polar surface area (TPSA) is 45.1 Å². The van der Waals surface area contributed by atoms with Gasteiger partial charge in [-0.25, -0.2) is 4.99 Å². The zero-order valence-electron chi connectivity index (χ0n) is 15.8. The maximum absolute atomic E-state index is 11.4. The van der Waals surface area contributed by atoms with Crippen molar-refractivity contribution < 1.29 is 9.84 Å². The van der Waals surface area contributed by atoms with Gasteiger partial charge in [-0.15, -0.1) is 0 Å². The molecule has 25 heavy (non-hydrogen) atoms. The second-order valence-corrected chi connectivity index (χ2v) is 6.24. The molecular formula is C21H28N2O2. The standard InChI is InChI=1S/C21H28N2O2/c1-6-21(24,17-11-9-8-10-12-17)18-13-16(3)19(14-20(18)25-5)22-15-23(4)7-2/h8-15,24H,6-7H2,1-5H3/b22-15+. The van der Waals surface area contributed by atoms with Crippen molar-refractivity contribution in [3.8, 4) is 5.75 Å². The number of hydrogen-bond acceptors (Lipinski definition) is 3. The van der Waals surface area contributed by atoms with E-state index in [-0.39, 0.29) is 0 Å². The van der Waals surface area contributed by atoms with Gasteiger partial charge >= 0.3 is 0 Å². The molecule has 2 rings (SSSR count). The third-order valence-electron chi connectivity index (χ3n) is 4.62. The van der Waals surface area contributed by atoms with Gasteiger partial charge in [0.25, 0.3) is 0 Å². The van der Waals surface area contributed by atoms with Crippen LogP contribution in [0.25, 0.3) is 0 Å². The minimum atomic E-state index is -1.10. The van der Waals surface area contributed by atoms with Crippen LogP contribution < -0.4 is 4.74 Å². The van der Waals surface area contributed by atoms with E-state index in [0.29, 0.717) is 12.2 Å². The summed E-state index contributed by atoms with van der Waals surface area (Å²) in [5, 5.41) is 11.4. The summed E-state index contributed by atoms with van der Waals surface area (Å²) >= 11 is 0. The van der Waals surface area contributed by atoms with E-state index in [1.807, 2.05) is 74.6 Å². The second-order valence-electron chi connectivity index (χ2n) is 6.24. The lowest BCUT2D eigenvalue weighted by atomic mass is 9.82. The smallest absolute Gasteiger partial charge is 0.127 e. The van der Waals surface area contributed by atoms with Crippen LogP contribution in [-0.4, -0.2) is 37.0 Å². The molecule has 0 heterocycles. The highest BCUT2D eigenvalue weighted by atomic mass is 16.5. The molecule has 2 aromatic carbocycles. The van der Waals surface area contributed by atoms with Crippen LogP contribution >= 0.6 is 0 Å². The Balaban J connectivity index is 2.54. The molecule has 4 heteroatoms. The Hall–Kier alpha value is -2.33. The second kappa shape index (κ2) is 8.17. The molecule has 1 atom stereocenters. The van der Waals surface area contributed by atoms with Crippen LogP contribution in [0.1, 0.15) is 37.0 Å². The van der Waals surface area contributed by atoms with E-state index in [1.54, 1.807) is 7.11 Å². The van der Waals surface area contributed by atoms with E-state index >= 15 is 0 Å². The monoisotopic (exact) mass is 340 g/mol. The van der Waals surface area contributed by atoms with Gasteiger partial charge in [-0.05, 0) is 37.5 Å². The maximum Gasteiger partial charge on any atom is 0.127 e. The fourth-order valence-electron chi connectivity index (χ4n) is 2.81. The molecule has 134 valence electrons. The van der Waals surface area contributed by atoms with Crippen molar-refractivity contribution in [2.45, 2.75) is 32.8 Å². The van der Waals surface area contributed by atoms with Gasteiger partial charge in [-0.2, -0.15) is 0 Å². The number of hydrogen-bond donors (Lipinski definition) is 1. The first-order chi connectivity index (χ1) is 12.0. The van der Waals surface area contributed by atoms with Crippen molar-refractivity contribution in [3.05, 3.63) is 59.2 Å². The Morgan fingerprint density at radius 2 is 1.88 bits per heavy atom.